The van der Waals surface area contributed by atoms with Crippen LogP contribution in [-0.4, -0.2) is 33.7 Å². The fourth-order valence-electron chi connectivity index (χ4n) is 3.23. The van der Waals surface area contributed by atoms with Crippen molar-refractivity contribution in [3.05, 3.63) is 18.1 Å². The van der Waals surface area contributed by atoms with Gasteiger partial charge in [-0.1, -0.05) is 6.92 Å². The van der Waals surface area contributed by atoms with Gasteiger partial charge in [-0.15, -0.1) is 0 Å². The fraction of sp³-hybridized carbons (Fsp3) is 0.571. The first-order valence-corrected chi connectivity index (χ1v) is 6.94. The minimum absolute atomic E-state index is 0.0381. The second kappa shape index (κ2) is 4.85. The predicted octanol–water partition coefficient (Wildman–Crippen LogP) is 1.05. The summed E-state index contributed by atoms with van der Waals surface area (Å²) in [6.07, 6.45) is 4.86. The average Bonchev–Trinajstić information content (AvgIpc) is 2.93. The zero-order valence-corrected chi connectivity index (χ0v) is 11.7. The van der Waals surface area contributed by atoms with Crippen molar-refractivity contribution in [3.8, 4) is 0 Å². The van der Waals surface area contributed by atoms with Crippen molar-refractivity contribution in [2.24, 2.45) is 17.8 Å². The van der Waals surface area contributed by atoms with Crippen molar-refractivity contribution in [2.75, 3.05) is 12.4 Å². The third-order valence-electron chi connectivity index (χ3n) is 4.25. The van der Waals surface area contributed by atoms with Crippen molar-refractivity contribution in [3.63, 3.8) is 0 Å². The lowest BCUT2D eigenvalue weighted by molar-refractivity contribution is -0.141. The number of nitrogens with zero attached hydrogens (tertiary/aromatic N) is 3. The smallest absolute Gasteiger partial charge is 0.233 e. The molecular formula is C14H18N4O2. The van der Waals surface area contributed by atoms with Crippen LogP contribution in [0.25, 0.3) is 0 Å². The second-order valence-electron chi connectivity index (χ2n) is 5.70. The molecule has 0 spiro atoms. The molecular weight excluding hydrogens is 256 g/mol. The molecule has 0 aromatic carbocycles. The second-order valence-corrected chi connectivity index (χ2v) is 5.70. The Labute approximate surface area is 117 Å². The van der Waals surface area contributed by atoms with Crippen LogP contribution in [-0.2, 0) is 16.1 Å². The highest BCUT2D eigenvalue weighted by Gasteiger charge is 2.51. The van der Waals surface area contributed by atoms with Crippen LogP contribution >= 0.6 is 0 Å². The van der Waals surface area contributed by atoms with Gasteiger partial charge < -0.3 is 5.32 Å². The highest BCUT2D eigenvalue weighted by atomic mass is 16.2. The molecule has 1 aromatic heterocycles. The van der Waals surface area contributed by atoms with Gasteiger partial charge in [-0.05, 0) is 18.8 Å². The lowest BCUT2D eigenvalue weighted by Crippen LogP contribution is -2.32. The Bertz CT molecular complexity index is 519. The van der Waals surface area contributed by atoms with Gasteiger partial charge >= 0.3 is 0 Å². The maximum Gasteiger partial charge on any atom is 0.233 e. The fourth-order valence-corrected chi connectivity index (χ4v) is 3.23. The summed E-state index contributed by atoms with van der Waals surface area (Å²) in [5.74, 6) is 0.838. The Morgan fingerprint density at radius 3 is 2.35 bits per heavy atom. The van der Waals surface area contributed by atoms with Crippen LogP contribution in [0.5, 0.6) is 0 Å². The zero-order chi connectivity index (χ0) is 14.3. The molecule has 2 heterocycles. The molecule has 6 heteroatoms. The van der Waals surface area contributed by atoms with Crippen molar-refractivity contribution >= 4 is 17.6 Å². The molecule has 3 rings (SSSR count). The van der Waals surface area contributed by atoms with E-state index in [2.05, 4.69) is 22.2 Å². The molecule has 106 valence electrons. The maximum absolute atomic E-state index is 12.3. The number of imide groups is 1. The molecule has 0 bridgehead atoms. The number of fused-ring (bicyclic) bond motifs is 1. The van der Waals surface area contributed by atoms with Gasteiger partial charge in [0.05, 0.1) is 36.5 Å². The summed E-state index contributed by atoms with van der Waals surface area (Å²) in [6.45, 7) is 2.33. The molecule has 6 nitrogen and oxygen atoms in total. The standard InChI is InChI=1S/C14H18N4O2/c1-8-3-10-11(4-8)14(20)18(13(10)19)7-9-5-17-12(15-2)6-16-9/h5-6,8,10-11H,3-4,7H2,1-2H3,(H,15,17). The van der Waals surface area contributed by atoms with E-state index in [0.717, 1.165) is 12.8 Å². The quantitative estimate of drug-likeness (QED) is 0.834. The summed E-state index contributed by atoms with van der Waals surface area (Å²) in [5, 5.41) is 2.88. The molecule has 2 amide bonds. The van der Waals surface area contributed by atoms with Crippen LogP contribution in [0.1, 0.15) is 25.5 Å². The highest BCUT2D eigenvalue weighted by molar-refractivity contribution is 6.05. The number of anilines is 1. The van der Waals surface area contributed by atoms with E-state index in [0.29, 0.717) is 17.4 Å². The van der Waals surface area contributed by atoms with Gasteiger partial charge in [0.25, 0.3) is 0 Å². The first kappa shape index (κ1) is 13.0. The number of nitrogens with one attached hydrogen (secondary N) is 1. The molecule has 1 N–H and O–H groups in total. The number of amides is 2. The Kier molecular flexibility index (Phi) is 3.16. The number of hydrogen-bond donors (Lipinski definition) is 1. The summed E-state index contributed by atoms with van der Waals surface area (Å²) < 4.78 is 0. The Morgan fingerprint density at radius 2 is 1.85 bits per heavy atom. The molecule has 20 heavy (non-hydrogen) atoms. The SMILES string of the molecule is CNc1cnc(CN2C(=O)C3CC(C)CC3C2=O)cn1. The summed E-state index contributed by atoms with van der Waals surface area (Å²) in [5.41, 5.74) is 0.638. The summed E-state index contributed by atoms with van der Waals surface area (Å²) in [6, 6.07) is 0. The van der Waals surface area contributed by atoms with Crippen LogP contribution in [0.2, 0.25) is 0 Å². The van der Waals surface area contributed by atoms with E-state index >= 15 is 0 Å². The van der Waals surface area contributed by atoms with Crippen molar-refractivity contribution in [1.82, 2.24) is 14.9 Å². The molecule has 0 radical (unpaired) electrons. The normalized spacial score (nSPS) is 28.9. The Morgan fingerprint density at radius 1 is 1.20 bits per heavy atom. The van der Waals surface area contributed by atoms with Gasteiger partial charge in [-0.3, -0.25) is 19.5 Å². The van der Waals surface area contributed by atoms with Crippen LogP contribution in [0.3, 0.4) is 0 Å². The number of carbonyl (C=O) groups excluding carboxylic acids is 2. The summed E-state index contributed by atoms with van der Waals surface area (Å²) in [7, 11) is 1.76. The number of aromatic nitrogens is 2. The minimum atomic E-state index is -0.109. The first-order valence-electron chi connectivity index (χ1n) is 6.94. The number of hydrogen-bond acceptors (Lipinski definition) is 5. The Hall–Kier alpha value is -1.98. The molecule has 1 saturated carbocycles. The largest absolute Gasteiger partial charge is 0.372 e. The third kappa shape index (κ3) is 2.05. The average molecular weight is 274 g/mol. The molecule has 2 fully saturated rings. The molecule has 1 saturated heterocycles. The molecule has 2 unspecified atom stereocenters. The highest BCUT2D eigenvalue weighted by Crippen LogP contribution is 2.43. The predicted molar refractivity (Wildman–Crippen MR) is 72.5 cm³/mol. The lowest BCUT2D eigenvalue weighted by Gasteiger charge is -2.16. The first-order chi connectivity index (χ1) is 9.60. The molecule has 2 atom stereocenters. The third-order valence-corrected chi connectivity index (χ3v) is 4.25. The summed E-state index contributed by atoms with van der Waals surface area (Å²) >= 11 is 0. The van der Waals surface area contributed by atoms with E-state index < -0.39 is 0 Å². The molecule has 1 aliphatic heterocycles. The van der Waals surface area contributed by atoms with Crippen LogP contribution in [0.15, 0.2) is 12.4 Å². The van der Waals surface area contributed by atoms with Crippen LogP contribution in [0, 0.1) is 17.8 Å². The van der Waals surface area contributed by atoms with Crippen molar-refractivity contribution in [1.29, 1.82) is 0 Å². The number of likely N-dealkylation sites (tertiary alicyclic amines) is 1. The maximum atomic E-state index is 12.3. The van der Waals surface area contributed by atoms with E-state index in [1.165, 1.54) is 4.90 Å². The molecule has 1 aromatic rings. The van der Waals surface area contributed by atoms with Crippen molar-refractivity contribution < 1.29 is 9.59 Å². The van der Waals surface area contributed by atoms with Crippen LogP contribution in [0.4, 0.5) is 5.82 Å². The lowest BCUT2D eigenvalue weighted by atomic mass is 10.00. The van der Waals surface area contributed by atoms with Crippen molar-refractivity contribution in [2.45, 2.75) is 26.3 Å². The van der Waals surface area contributed by atoms with Crippen LogP contribution < -0.4 is 5.32 Å². The Balaban J connectivity index is 1.75. The van der Waals surface area contributed by atoms with E-state index in [1.54, 1.807) is 19.4 Å². The van der Waals surface area contributed by atoms with Gasteiger partial charge in [0.2, 0.25) is 11.8 Å². The van der Waals surface area contributed by atoms with Gasteiger partial charge in [0.1, 0.15) is 5.82 Å². The summed E-state index contributed by atoms with van der Waals surface area (Å²) in [4.78, 5) is 34.4. The monoisotopic (exact) mass is 274 g/mol. The molecule has 1 aliphatic carbocycles. The zero-order valence-electron chi connectivity index (χ0n) is 11.7. The number of carbonyl (C=O) groups is 2. The van der Waals surface area contributed by atoms with E-state index in [-0.39, 0.29) is 30.2 Å². The van der Waals surface area contributed by atoms with Gasteiger partial charge in [-0.2, -0.15) is 0 Å². The van der Waals surface area contributed by atoms with Gasteiger partial charge in [0, 0.05) is 7.05 Å². The van der Waals surface area contributed by atoms with Gasteiger partial charge in [0.15, 0.2) is 0 Å². The minimum Gasteiger partial charge on any atom is -0.372 e. The van der Waals surface area contributed by atoms with E-state index in [9.17, 15) is 9.59 Å². The topological polar surface area (TPSA) is 75.2 Å². The molecule has 2 aliphatic rings. The number of rotatable bonds is 3. The van der Waals surface area contributed by atoms with Gasteiger partial charge in [-0.25, -0.2) is 4.98 Å². The van der Waals surface area contributed by atoms with E-state index in [4.69, 9.17) is 0 Å². The van der Waals surface area contributed by atoms with E-state index in [1.807, 2.05) is 0 Å².